The summed E-state index contributed by atoms with van der Waals surface area (Å²) in [5.41, 5.74) is 0. The Bertz CT molecular complexity index is 455. The Labute approximate surface area is 110 Å². The highest BCUT2D eigenvalue weighted by Gasteiger charge is 2.61. The van der Waals surface area contributed by atoms with Crippen LogP contribution in [0.3, 0.4) is 0 Å². The number of carbonyl (C=O) groups is 3. The summed E-state index contributed by atoms with van der Waals surface area (Å²) in [6.07, 6.45) is 4.79. The quantitative estimate of drug-likeness (QED) is 0.415. The van der Waals surface area contributed by atoms with E-state index < -0.39 is 18.6 Å². The number of amides is 2. The summed E-state index contributed by atoms with van der Waals surface area (Å²) in [6, 6.07) is -1.21. The number of aliphatic hydroxyl groups excluding tert-OH is 1. The van der Waals surface area contributed by atoms with E-state index in [1.807, 2.05) is 12.2 Å². The largest absolute Gasteiger partial charge is 0.467 e. The lowest BCUT2D eigenvalue weighted by atomic mass is 9.85. The molecule has 1 saturated heterocycles. The van der Waals surface area contributed by atoms with E-state index in [9.17, 15) is 19.5 Å². The van der Waals surface area contributed by atoms with Crippen LogP contribution in [0.4, 0.5) is 0 Å². The lowest BCUT2D eigenvalue weighted by molar-refractivity contribution is -0.159. The van der Waals surface area contributed by atoms with Gasteiger partial charge in [-0.3, -0.25) is 14.5 Å². The number of nitrogens with zero attached hydrogens (tertiary/aromatic N) is 1. The number of aliphatic hydroxyl groups is 1. The van der Waals surface area contributed by atoms with Crippen LogP contribution in [0.25, 0.3) is 0 Å². The summed E-state index contributed by atoms with van der Waals surface area (Å²) in [5.74, 6) is -2.00. The van der Waals surface area contributed by atoms with Gasteiger partial charge in [0.1, 0.15) is 0 Å². The zero-order valence-electron chi connectivity index (χ0n) is 10.5. The van der Waals surface area contributed by atoms with E-state index in [-0.39, 0.29) is 35.5 Å². The van der Waals surface area contributed by atoms with Crippen LogP contribution in [-0.4, -0.2) is 47.5 Å². The van der Waals surface area contributed by atoms with Gasteiger partial charge in [-0.2, -0.15) is 0 Å². The molecule has 2 bridgehead atoms. The smallest absolute Gasteiger partial charge is 0.331 e. The van der Waals surface area contributed by atoms with Crippen LogP contribution < -0.4 is 0 Å². The van der Waals surface area contributed by atoms with E-state index in [4.69, 9.17) is 0 Å². The highest BCUT2D eigenvalue weighted by molar-refractivity contribution is 6.08. The van der Waals surface area contributed by atoms with E-state index in [1.165, 1.54) is 7.11 Å². The maximum Gasteiger partial charge on any atom is 0.331 e. The molecule has 0 radical (unpaired) electrons. The van der Waals surface area contributed by atoms with Crippen LogP contribution in [0, 0.1) is 23.7 Å². The molecule has 102 valence electrons. The Morgan fingerprint density at radius 2 is 1.89 bits per heavy atom. The molecule has 2 amide bonds. The summed E-state index contributed by atoms with van der Waals surface area (Å²) in [5, 5.41) is 9.27. The lowest BCUT2D eigenvalue weighted by Gasteiger charge is -2.23. The molecule has 3 aliphatic rings. The highest BCUT2D eigenvalue weighted by Crippen LogP contribution is 2.52. The number of methoxy groups -OCH3 is 1. The summed E-state index contributed by atoms with van der Waals surface area (Å²) >= 11 is 0. The third kappa shape index (κ3) is 1.49. The molecule has 0 aromatic rings. The topological polar surface area (TPSA) is 83.9 Å². The molecule has 1 unspecified atom stereocenters. The second kappa shape index (κ2) is 4.16. The van der Waals surface area contributed by atoms with Crippen molar-refractivity contribution >= 4 is 17.8 Å². The Hall–Kier alpha value is -1.69. The van der Waals surface area contributed by atoms with Gasteiger partial charge < -0.3 is 9.84 Å². The van der Waals surface area contributed by atoms with E-state index in [0.717, 1.165) is 11.3 Å². The predicted molar refractivity (Wildman–Crippen MR) is 62.5 cm³/mol. The molecule has 3 rings (SSSR count). The average Bonchev–Trinajstić information content (AvgIpc) is 3.07. The van der Waals surface area contributed by atoms with Gasteiger partial charge in [-0.15, -0.1) is 0 Å². The zero-order chi connectivity index (χ0) is 13.7. The molecular weight excluding hydrogens is 250 g/mol. The molecule has 0 aromatic heterocycles. The summed E-state index contributed by atoms with van der Waals surface area (Å²) in [7, 11) is 1.17. The van der Waals surface area contributed by atoms with Crippen molar-refractivity contribution in [3.8, 4) is 0 Å². The Balaban J connectivity index is 1.91. The number of rotatable bonds is 3. The van der Waals surface area contributed by atoms with Crippen LogP contribution in [0.5, 0.6) is 0 Å². The second-order valence-corrected chi connectivity index (χ2v) is 5.27. The number of carbonyl (C=O) groups excluding carboxylic acids is 3. The van der Waals surface area contributed by atoms with Crippen LogP contribution in [0.15, 0.2) is 12.2 Å². The van der Waals surface area contributed by atoms with Crippen molar-refractivity contribution < 1.29 is 24.2 Å². The maximum absolute atomic E-state index is 12.4. The van der Waals surface area contributed by atoms with Crippen LogP contribution in [0.2, 0.25) is 0 Å². The summed E-state index contributed by atoms with van der Waals surface area (Å²) in [4.78, 5) is 37.2. The van der Waals surface area contributed by atoms with E-state index in [2.05, 4.69) is 4.74 Å². The Kier molecular flexibility index (Phi) is 2.70. The van der Waals surface area contributed by atoms with Crippen LogP contribution in [0.1, 0.15) is 6.42 Å². The fourth-order valence-electron chi connectivity index (χ4n) is 3.63. The van der Waals surface area contributed by atoms with Crippen LogP contribution >= 0.6 is 0 Å². The number of esters is 1. The number of allylic oxidation sites excluding steroid dienone is 2. The van der Waals surface area contributed by atoms with Crippen molar-refractivity contribution in [2.45, 2.75) is 12.5 Å². The number of likely N-dealkylation sites (tertiary alicyclic amines) is 1. The molecule has 6 heteroatoms. The summed E-state index contributed by atoms with van der Waals surface area (Å²) in [6.45, 7) is -0.605. The third-order valence-electron chi connectivity index (χ3n) is 4.46. The molecular formula is C13H15NO5. The number of hydrogen-bond donors (Lipinski definition) is 1. The van der Waals surface area contributed by atoms with Crippen molar-refractivity contribution in [2.75, 3.05) is 13.7 Å². The van der Waals surface area contributed by atoms with Gasteiger partial charge in [0.15, 0.2) is 6.04 Å². The second-order valence-electron chi connectivity index (χ2n) is 5.27. The van der Waals surface area contributed by atoms with Gasteiger partial charge in [-0.05, 0) is 18.3 Å². The van der Waals surface area contributed by atoms with Crippen molar-refractivity contribution in [1.82, 2.24) is 4.90 Å². The SMILES string of the molecule is COC(=O)[C@H](CO)N1C(=O)[C@@H]2[C@H](C1=O)C1C=C[C@H]2C1. The standard InChI is InChI=1S/C13H15NO5/c1-19-13(18)8(5-15)14-11(16)9-6-2-3-7(4-6)10(9)12(14)17/h2-3,6-10,15H,4-5H2,1H3/t6-,7?,8-,9-,10+/m0/s1. The highest BCUT2D eigenvalue weighted by atomic mass is 16.5. The fourth-order valence-corrected chi connectivity index (χ4v) is 3.63. The van der Waals surface area contributed by atoms with Crippen molar-refractivity contribution in [3.63, 3.8) is 0 Å². The average molecular weight is 265 g/mol. The summed E-state index contributed by atoms with van der Waals surface area (Å²) < 4.78 is 4.54. The van der Waals surface area contributed by atoms with Gasteiger partial charge in [0, 0.05) is 0 Å². The van der Waals surface area contributed by atoms with E-state index >= 15 is 0 Å². The molecule has 1 N–H and O–H groups in total. The van der Waals surface area contributed by atoms with Gasteiger partial charge in [-0.1, -0.05) is 12.2 Å². The molecule has 1 heterocycles. The predicted octanol–water partition coefficient (Wildman–Crippen LogP) is -0.673. The maximum atomic E-state index is 12.4. The first kappa shape index (κ1) is 12.3. The van der Waals surface area contributed by atoms with Crippen molar-refractivity contribution in [3.05, 3.63) is 12.2 Å². The minimum absolute atomic E-state index is 0.0911. The number of fused-ring (bicyclic) bond motifs is 5. The molecule has 2 fully saturated rings. The van der Waals surface area contributed by atoms with E-state index in [1.54, 1.807) is 0 Å². The molecule has 0 spiro atoms. The van der Waals surface area contributed by atoms with Gasteiger partial charge >= 0.3 is 5.97 Å². The van der Waals surface area contributed by atoms with Gasteiger partial charge in [0.05, 0.1) is 25.6 Å². The Morgan fingerprint density at radius 1 is 1.37 bits per heavy atom. The van der Waals surface area contributed by atoms with Gasteiger partial charge in [-0.25, -0.2) is 4.79 Å². The fraction of sp³-hybridized carbons (Fsp3) is 0.615. The minimum Gasteiger partial charge on any atom is -0.467 e. The lowest BCUT2D eigenvalue weighted by Crippen LogP contribution is -2.48. The first-order valence-electron chi connectivity index (χ1n) is 6.34. The van der Waals surface area contributed by atoms with E-state index in [0.29, 0.717) is 0 Å². The minimum atomic E-state index is -1.21. The molecule has 1 saturated carbocycles. The van der Waals surface area contributed by atoms with Crippen molar-refractivity contribution in [2.24, 2.45) is 23.7 Å². The van der Waals surface area contributed by atoms with Gasteiger partial charge in [0.25, 0.3) is 0 Å². The zero-order valence-corrected chi connectivity index (χ0v) is 10.5. The van der Waals surface area contributed by atoms with Crippen molar-refractivity contribution in [1.29, 1.82) is 0 Å². The first-order valence-corrected chi connectivity index (χ1v) is 6.34. The molecule has 6 nitrogen and oxygen atoms in total. The molecule has 1 aliphatic heterocycles. The molecule has 5 atom stereocenters. The van der Waals surface area contributed by atoms with Gasteiger partial charge in [0.2, 0.25) is 11.8 Å². The normalized spacial score (nSPS) is 36.8. The molecule has 0 aromatic carbocycles. The third-order valence-corrected chi connectivity index (χ3v) is 4.46. The number of ether oxygens (including phenoxy) is 1. The monoisotopic (exact) mass is 265 g/mol. The molecule has 2 aliphatic carbocycles. The number of imide groups is 1. The Morgan fingerprint density at radius 3 is 2.32 bits per heavy atom. The van der Waals surface area contributed by atoms with Crippen LogP contribution in [-0.2, 0) is 19.1 Å². The first-order chi connectivity index (χ1) is 9.10. The molecule has 19 heavy (non-hydrogen) atoms. The number of hydrogen-bond acceptors (Lipinski definition) is 5.